The van der Waals surface area contributed by atoms with E-state index < -0.39 is 12.2 Å². The summed E-state index contributed by atoms with van der Waals surface area (Å²) >= 11 is 0. The Labute approximate surface area is 182 Å². The molecule has 10 nitrogen and oxygen atoms in total. The van der Waals surface area contributed by atoms with Gasteiger partial charge in [-0.05, 0) is 18.1 Å². The van der Waals surface area contributed by atoms with Crippen LogP contribution in [-0.4, -0.2) is 99.8 Å². The van der Waals surface area contributed by atoms with E-state index >= 15 is 0 Å². The minimum atomic E-state index is -0.466. The van der Waals surface area contributed by atoms with Crippen LogP contribution in [0.5, 0.6) is 11.5 Å². The van der Waals surface area contributed by atoms with Gasteiger partial charge in [-0.3, -0.25) is 19.9 Å². The van der Waals surface area contributed by atoms with E-state index in [2.05, 4.69) is 22.0 Å². The van der Waals surface area contributed by atoms with Crippen LogP contribution in [0.25, 0.3) is 0 Å². The Morgan fingerprint density at radius 3 is 2.58 bits per heavy atom. The van der Waals surface area contributed by atoms with Crippen LogP contribution >= 0.6 is 0 Å². The number of anilines is 1. The highest BCUT2D eigenvalue weighted by Gasteiger charge is 2.56. The molecule has 0 spiro atoms. The predicted molar refractivity (Wildman–Crippen MR) is 114 cm³/mol. The van der Waals surface area contributed by atoms with E-state index in [1.165, 1.54) is 4.90 Å². The maximum Gasteiger partial charge on any atom is 0.327 e. The standard InChI is InChI=1S/C21H31N5O5/c1-13-11-25(15-10-14(30-4)6-7-16(15)31-5)20-22-18-17(26(20)12-13)19(27)24(8-9-29-3)21(28)23(18)2/h6-7,10,13,17-18,20,22H,8-9,11-12H2,1-5H3. The Bertz CT molecular complexity index is 851. The molecule has 4 rings (SSSR count). The Hall–Kier alpha value is -2.56. The number of carbonyl (C=O) groups is 2. The van der Waals surface area contributed by atoms with Crippen molar-refractivity contribution in [1.82, 2.24) is 20.0 Å². The number of likely N-dealkylation sites (N-methyl/N-ethyl adjacent to an activating group) is 1. The van der Waals surface area contributed by atoms with E-state index in [1.807, 2.05) is 18.2 Å². The molecule has 31 heavy (non-hydrogen) atoms. The molecule has 0 aromatic heterocycles. The summed E-state index contributed by atoms with van der Waals surface area (Å²) in [6.45, 7) is 4.23. The second kappa shape index (κ2) is 8.52. The van der Waals surface area contributed by atoms with E-state index in [0.717, 1.165) is 30.3 Å². The van der Waals surface area contributed by atoms with Crippen molar-refractivity contribution in [3.05, 3.63) is 18.2 Å². The number of nitrogens with one attached hydrogen (secondary N) is 1. The van der Waals surface area contributed by atoms with Crippen LogP contribution in [-0.2, 0) is 9.53 Å². The smallest absolute Gasteiger partial charge is 0.327 e. The zero-order chi connectivity index (χ0) is 22.3. The van der Waals surface area contributed by atoms with Gasteiger partial charge in [0.1, 0.15) is 30.0 Å². The van der Waals surface area contributed by atoms with Crippen LogP contribution in [0.15, 0.2) is 18.2 Å². The summed E-state index contributed by atoms with van der Waals surface area (Å²) in [7, 11) is 6.57. The number of methoxy groups -OCH3 is 3. The minimum Gasteiger partial charge on any atom is -0.497 e. The Morgan fingerprint density at radius 2 is 1.90 bits per heavy atom. The number of amides is 3. The number of hydrogen-bond acceptors (Lipinski definition) is 8. The number of urea groups is 1. The lowest BCUT2D eigenvalue weighted by molar-refractivity contribution is -0.139. The molecule has 3 aliphatic rings. The molecule has 4 atom stereocenters. The first kappa shape index (κ1) is 21.7. The van der Waals surface area contributed by atoms with Crippen molar-refractivity contribution in [2.45, 2.75) is 25.4 Å². The lowest BCUT2D eigenvalue weighted by atomic mass is 10.0. The zero-order valence-corrected chi connectivity index (χ0v) is 18.7. The first-order valence-corrected chi connectivity index (χ1v) is 10.5. The van der Waals surface area contributed by atoms with E-state index in [-0.39, 0.29) is 24.8 Å². The van der Waals surface area contributed by atoms with E-state index in [9.17, 15) is 9.59 Å². The summed E-state index contributed by atoms with van der Waals surface area (Å²) in [5.41, 5.74) is 0.882. The van der Waals surface area contributed by atoms with Gasteiger partial charge in [0.2, 0.25) is 0 Å². The molecule has 1 N–H and O–H groups in total. The molecule has 3 heterocycles. The van der Waals surface area contributed by atoms with E-state index in [1.54, 1.807) is 33.3 Å². The van der Waals surface area contributed by atoms with Crippen LogP contribution in [0.2, 0.25) is 0 Å². The normalized spacial score (nSPS) is 28.6. The molecule has 0 aliphatic carbocycles. The number of hydrogen-bond donors (Lipinski definition) is 1. The molecular formula is C21H31N5O5. The first-order valence-electron chi connectivity index (χ1n) is 10.5. The second-order valence-corrected chi connectivity index (χ2v) is 8.30. The van der Waals surface area contributed by atoms with Crippen LogP contribution in [0.4, 0.5) is 10.5 Å². The van der Waals surface area contributed by atoms with E-state index in [0.29, 0.717) is 12.5 Å². The average Bonchev–Trinajstić information content (AvgIpc) is 3.16. The van der Waals surface area contributed by atoms with Gasteiger partial charge in [-0.1, -0.05) is 6.92 Å². The van der Waals surface area contributed by atoms with Crippen molar-refractivity contribution >= 4 is 17.6 Å². The third-order valence-electron chi connectivity index (χ3n) is 6.30. The second-order valence-electron chi connectivity index (χ2n) is 8.30. The topological polar surface area (TPSA) is 86.8 Å². The minimum absolute atomic E-state index is 0.188. The molecule has 3 aliphatic heterocycles. The molecular weight excluding hydrogens is 402 g/mol. The maximum absolute atomic E-state index is 13.4. The SMILES string of the molecule is COCCN1C(=O)C2C(NC3N(c4cc(OC)ccc4OC)CC(C)CN23)N(C)C1=O. The zero-order valence-electron chi connectivity index (χ0n) is 18.7. The summed E-state index contributed by atoms with van der Waals surface area (Å²) in [6.07, 6.45) is -0.665. The third-order valence-corrected chi connectivity index (χ3v) is 6.30. The summed E-state index contributed by atoms with van der Waals surface area (Å²) in [4.78, 5) is 33.5. The molecule has 4 unspecified atom stereocenters. The third kappa shape index (κ3) is 3.58. The summed E-state index contributed by atoms with van der Waals surface area (Å²) in [5, 5.41) is 3.52. The fourth-order valence-corrected chi connectivity index (χ4v) is 4.81. The highest BCUT2D eigenvalue weighted by Crippen LogP contribution is 2.39. The average molecular weight is 434 g/mol. The van der Waals surface area contributed by atoms with Crippen molar-refractivity contribution < 1.29 is 23.8 Å². The van der Waals surface area contributed by atoms with Gasteiger partial charge < -0.3 is 24.0 Å². The van der Waals surface area contributed by atoms with Gasteiger partial charge in [-0.25, -0.2) is 4.79 Å². The monoisotopic (exact) mass is 433 g/mol. The molecule has 1 aromatic carbocycles. The predicted octanol–water partition coefficient (Wildman–Crippen LogP) is 0.584. The van der Waals surface area contributed by atoms with Crippen molar-refractivity contribution in [3.63, 3.8) is 0 Å². The lowest BCUT2D eigenvalue weighted by Gasteiger charge is -2.46. The largest absolute Gasteiger partial charge is 0.497 e. The number of ether oxygens (including phenoxy) is 3. The number of fused-ring (bicyclic) bond motifs is 3. The Kier molecular flexibility index (Phi) is 5.96. The molecule has 0 saturated carbocycles. The molecule has 3 saturated heterocycles. The Balaban J connectivity index is 1.70. The number of benzene rings is 1. The number of nitrogens with zero attached hydrogens (tertiary/aromatic N) is 4. The molecule has 1 aromatic rings. The van der Waals surface area contributed by atoms with Gasteiger partial charge in [-0.2, -0.15) is 0 Å². The maximum atomic E-state index is 13.4. The van der Waals surface area contributed by atoms with Gasteiger partial charge in [0.15, 0.2) is 0 Å². The summed E-state index contributed by atoms with van der Waals surface area (Å²) in [5.74, 6) is 1.57. The van der Waals surface area contributed by atoms with Gasteiger partial charge in [0.25, 0.3) is 5.91 Å². The van der Waals surface area contributed by atoms with Crippen molar-refractivity contribution in [1.29, 1.82) is 0 Å². The lowest BCUT2D eigenvalue weighted by Crippen LogP contribution is -2.67. The van der Waals surface area contributed by atoms with Crippen LogP contribution in [0.3, 0.4) is 0 Å². The van der Waals surface area contributed by atoms with Crippen LogP contribution in [0, 0.1) is 5.92 Å². The molecule has 170 valence electrons. The van der Waals surface area contributed by atoms with Gasteiger partial charge >= 0.3 is 6.03 Å². The highest BCUT2D eigenvalue weighted by molar-refractivity contribution is 6.00. The fraction of sp³-hybridized carbons (Fsp3) is 0.619. The van der Waals surface area contributed by atoms with Gasteiger partial charge in [-0.15, -0.1) is 0 Å². The first-order chi connectivity index (χ1) is 14.9. The van der Waals surface area contributed by atoms with Crippen LogP contribution < -0.4 is 19.7 Å². The molecule has 0 bridgehead atoms. The Morgan fingerprint density at radius 1 is 1.13 bits per heavy atom. The number of imide groups is 1. The van der Waals surface area contributed by atoms with Crippen molar-refractivity contribution in [3.8, 4) is 11.5 Å². The molecule has 3 fully saturated rings. The summed E-state index contributed by atoms with van der Waals surface area (Å²) in [6, 6.07) is 4.91. The van der Waals surface area contributed by atoms with Crippen LogP contribution in [0.1, 0.15) is 6.92 Å². The van der Waals surface area contributed by atoms with Crippen molar-refractivity contribution in [2.75, 3.05) is 59.5 Å². The molecule has 0 radical (unpaired) electrons. The van der Waals surface area contributed by atoms with E-state index in [4.69, 9.17) is 14.2 Å². The van der Waals surface area contributed by atoms with Gasteiger partial charge in [0.05, 0.1) is 33.1 Å². The van der Waals surface area contributed by atoms with Crippen molar-refractivity contribution in [2.24, 2.45) is 5.92 Å². The quantitative estimate of drug-likeness (QED) is 0.698. The fourth-order valence-electron chi connectivity index (χ4n) is 4.81. The molecule has 3 amide bonds. The number of carbonyl (C=O) groups excluding carboxylic acids is 2. The molecule has 10 heteroatoms. The summed E-state index contributed by atoms with van der Waals surface area (Å²) < 4.78 is 16.2. The number of rotatable bonds is 6. The highest BCUT2D eigenvalue weighted by atomic mass is 16.5. The van der Waals surface area contributed by atoms with Gasteiger partial charge in [0, 0.05) is 33.3 Å².